The van der Waals surface area contributed by atoms with Crippen molar-refractivity contribution < 1.29 is 10.2 Å². The van der Waals surface area contributed by atoms with Gasteiger partial charge < -0.3 is 10.2 Å². The van der Waals surface area contributed by atoms with Crippen LogP contribution in [0.15, 0.2) is 94.9 Å². The Bertz CT molecular complexity index is 1550. The molecule has 1 aliphatic rings. The number of hydrogen-bond acceptors (Lipinski definition) is 4. The second-order valence-corrected chi connectivity index (χ2v) is 14.9. The molecule has 0 heterocycles. The van der Waals surface area contributed by atoms with Gasteiger partial charge in [-0.3, -0.25) is 9.98 Å². The van der Waals surface area contributed by atoms with Crippen molar-refractivity contribution in [3.8, 4) is 11.5 Å². The monoisotopic (exact) mass is 614 g/mol. The van der Waals surface area contributed by atoms with Crippen molar-refractivity contribution in [2.45, 2.75) is 103 Å². The van der Waals surface area contributed by atoms with Crippen LogP contribution in [0.4, 0.5) is 0 Å². The third-order valence-electron chi connectivity index (χ3n) is 9.15. The molecular weight excluding hydrogens is 564 g/mol. The molecule has 5 rings (SSSR count). The number of phenolic OH excluding ortho intramolecular Hbond substituents is 2. The number of benzene rings is 4. The Morgan fingerprint density at radius 1 is 0.587 bits per heavy atom. The van der Waals surface area contributed by atoms with Crippen LogP contribution in [0.3, 0.4) is 0 Å². The van der Waals surface area contributed by atoms with Crippen molar-refractivity contribution in [3.63, 3.8) is 0 Å². The van der Waals surface area contributed by atoms with E-state index in [1.807, 2.05) is 48.8 Å². The van der Waals surface area contributed by atoms with E-state index in [0.717, 1.165) is 47.9 Å². The predicted octanol–water partition coefficient (Wildman–Crippen LogP) is 9.72. The van der Waals surface area contributed by atoms with E-state index in [1.54, 1.807) is 0 Å². The lowest BCUT2D eigenvalue weighted by atomic mass is 9.84. The van der Waals surface area contributed by atoms with E-state index in [2.05, 4.69) is 90.1 Å². The number of aromatic hydroxyl groups is 2. The van der Waals surface area contributed by atoms with Crippen molar-refractivity contribution in [2.24, 2.45) is 9.98 Å². The van der Waals surface area contributed by atoms with Crippen LogP contribution in [0.2, 0.25) is 0 Å². The summed E-state index contributed by atoms with van der Waals surface area (Å²) in [6, 6.07) is 29.0. The van der Waals surface area contributed by atoms with E-state index in [-0.39, 0.29) is 22.9 Å². The summed E-state index contributed by atoms with van der Waals surface area (Å²) in [5.41, 5.74) is 7.90. The SMILES string of the molecule is CC(C)(C)c1cc(C=NC2CCCCC2N=Cc2cc(C(C)(C)C)cc(Cc3ccccc3)c2O)c(O)c(Cc2ccccc2)c1. The maximum absolute atomic E-state index is 11.4. The van der Waals surface area contributed by atoms with Gasteiger partial charge in [0.05, 0.1) is 12.1 Å². The van der Waals surface area contributed by atoms with Crippen LogP contribution in [0, 0.1) is 0 Å². The Kier molecular flexibility index (Phi) is 10.2. The van der Waals surface area contributed by atoms with Gasteiger partial charge in [-0.15, -0.1) is 0 Å². The Morgan fingerprint density at radius 3 is 1.30 bits per heavy atom. The quantitative estimate of drug-likeness (QED) is 0.194. The van der Waals surface area contributed by atoms with Crippen LogP contribution < -0.4 is 0 Å². The lowest BCUT2D eigenvalue weighted by molar-refractivity contribution is 0.390. The van der Waals surface area contributed by atoms with Gasteiger partial charge in [-0.05, 0) is 69.2 Å². The zero-order valence-corrected chi connectivity index (χ0v) is 28.4. The fraction of sp³-hybridized carbons (Fsp3) is 0.381. The Morgan fingerprint density at radius 2 is 0.957 bits per heavy atom. The zero-order chi connectivity index (χ0) is 32.9. The number of phenols is 2. The summed E-state index contributed by atoms with van der Waals surface area (Å²) < 4.78 is 0. The van der Waals surface area contributed by atoms with E-state index in [1.165, 1.54) is 22.3 Å². The van der Waals surface area contributed by atoms with E-state index >= 15 is 0 Å². The molecular formula is C42H50N2O2. The van der Waals surface area contributed by atoms with E-state index in [9.17, 15) is 10.2 Å². The molecule has 4 aromatic rings. The van der Waals surface area contributed by atoms with E-state index < -0.39 is 0 Å². The van der Waals surface area contributed by atoms with Crippen molar-refractivity contribution in [1.82, 2.24) is 0 Å². The van der Waals surface area contributed by atoms with Gasteiger partial charge >= 0.3 is 0 Å². The summed E-state index contributed by atoms with van der Waals surface area (Å²) in [5, 5.41) is 22.8. The summed E-state index contributed by atoms with van der Waals surface area (Å²) in [5.74, 6) is 0.595. The number of rotatable bonds is 8. The molecule has 0 saturated heterocycles. The van der Waals surface area contributed by atoms with Crippen molar-refractivity contribution >= 4 is 12.4 Å². The fourth-order valence-corrected chi connectivity index (χ4v) is 6.19. The molecule has 1 saturated carbocycles. The molecule has 4 aromatic carbocycles. The van der Waals surface area contributed by atoms with Crippen LogP contribution in [0.1, 0.15) is 112 Å². The van der Waals surface area contributed by atoms with Gasteiger partial charge in [-0.25, -0.2) is 0 Å². The van der Waals surface area contributed by atoms with Gasteiger partial charge in [-0.2, -0.15) is 0 Å². The average Bonchev–Trinajstić information content (AvgIpc) is 3.02. The third kappa shape index (κ3) is 8.34. The van der Waals surface area contributed by atoms with Crippen LogP contribution >= 0.6 is 0 Å². The second-order valence-electron chi connectivity index (χ2n) is 14.9. The second kappa shape index (κ2) is 14.1. The van der Waals surface area contributed by atoms with Crippen molar-refractivity contribution in [1.29, 1.82) is 0 Å². The molecule has 1 aliphatic carbocycles. The predicted molar refractivity (Wildman–Crippen MR) is 193 cm³/mol. The molecule has 2 N–H and O–H groups in total. The molecule has 2 unspecified atom stereocenters. The van der Waals surface area contributed by atoms with E-state index in [4.69, 9.17) is 9.98 Å². The zero-order valence-electron chi connectivity index (χ0n) is 28.4. The van der Waals surface area contributed by atoms with Gasteiger partial charge in [0.2, 0.25) is 0 Å². The summed E-state index contributed by atoms with van der Waals surface area (Å²) >= 11 is 0. The molecule has 4 nitrogen and oxygen atoms in total. The van der Waals surface area contributed by atoms with Crippen LogP contribution in [-0.4, -0.2) is 34.7 Å². The molecule has 0 aliphatic heterocycles. The normalized spacial score (nSPS) is 17.6. The van der Waals surface area contributed by atoms with Crippen LogP contribution in [-0.2, 0) is 23.7 Å². The minimum atomic E-state index is -0.0671. The molecule has 0 spiro atoms. The highest BCUT2D eigenvalue weighted by Gasteiger charge is 2.25. The molecule has 0 bridgehead atoms. The first kappa shape index (κ1) is 33.2. The van der Waals surface area contributed by atoms with Gasteiger partial charge in [0.25, 0.3) is 0 Å². The molecule has 4 heteroatoms. The highest BCUT2D eigenvalue weighted by atomic mass is 16.3. The summed E-state index contributed by atoms with van der Waals surface area (Å²) in [4.78, 5) is 10.1. The Labute approximate surface area is 276 Å². The standard InChI is InChI=1S/C42H50N2O2/c1-41(2,3)35-23-31(21-29-15-9-7-10-16-29)39(45)33(25-35)27-43-37-19-13-14-20-38(37)44-28-34-26-36(42(4,5)6)24-32(40(34)46)22-30-17-11-8-12-18-30/h7-12,15-18,23-28,37-38,45-46H,13-14,19-22H2,1-6H3. The van der Waals surface area contributed by atoms with Gasteiger partial charge in [0.15, 0.2) is 0 Å². The number of aliphatic imine (C=N–C) groups is 2. The summed E-state index contributed by atoms with van der Waals surface area (Å²) in [7, 11) is 0. The largest absolute Gasteiger partial charge is 0.507 e. The fourth-order valence-electron chi connectivity index (χ4n) is 6.19. The molecule has 1 fully saturated rings. The van der Waals surface area contributed by atoms with Crippen molar-refractivity contribution in [2.75, 3.05) is 0 Å². The molecule has 2 atom stereocenters. The lowest BCUT2D eigenvalue weighted by Gasteiger charge is -2.26. The first-order valence-electron chi connectivity index (χ1n) is 16.8. The first-order valence-corrected chi connectivity index (χ1v) is 16.8. The number of hydrogen-bond donors (Lipinski definition) is 2. The molecule has 0 aromatic heterocycles. The minimum Gasteiger partial charge on any atom is -0.507 e. The smallest absolute Gasteiger partial charge is 0.127 e. The average molecular weight is 615 g/mol. The highest BCUT2D eigenvalue weighted by molar-refractivity contribution is 5.86. The number of nitrogens with zero attached hydrogens (tertiary/aromatic N) is 2. The van der Waals surface area contributed by atoms with Crippen molar-refractivity contribution in [3.05, 3.63) is 129 Å². The van der Waals surface area contributed by atoms with E-state index in [0.29, 0.717) is 24.3 Å². The molecule has 240 valence electrons. The van der Waals surface area contributed by atoms with Gasteiger partial charge in [0, 0.05) is 36.4 Å². The van der Waals surface area contributed by atoms with Crippen LogP contribution in [0.25, 0.3) is 0 Å². The van der Waals surface area contributed by atoms with Gasteiger partial charge in [0.1, 0.15) is 11.5 Å². The third-order valence-corrected chi connectivity index (χ3v) is 9.15. The Balaban J connectivity index is 1.44. The molecule has 0 radical (unpaired) electrons. The van der Waals surface area contributed by atoms with Gasteiger partial charge in [-0.1, -0.05) is 127 Å². The topological polar surface area (TPSA) is 65.2 Å². The minimum absolute atomic E-state index is 0.0111. The van der Waals surface area contributed by atoms with Crippen LogP contribution in [0.5, 0.6) is 11.5 Å². The highest BCUT2D eigenvalue weighted by Crippen LogP contribution is 2.34. The summed E-state index contributed by atoms with van der Waals surface area (Å²) in [6.45, 7) is 13.2. The summed E-state index contributed by atoms with van der Waals surface area (Å²) in [6.07, 6.45) is 9.17. The molecule has 0 amide bonds. The maximum atomic E-state index is 11.4. The first-order chi connectivity index (χ1) is 21.9. The lowest BCUT2D eigenvalue weighted by Crippen LogP contribution is -2.27. The molecule has 46 heavy (non-hydrogen) atoms. The Hall–Kier alpha value is -4.18. The maximum Gasteiger partial charge on any atom is 0.127 e.